The summed E-state index contributed by atoms with van der Waals surface area (Å²) in [4.78, 5) is 2.27. The molecule has 2 nitrogen and oxygen atoms in total. The third-order valence-electron chi connectivity index (χ3n) is 4.56. The predicted molar refractivity (Wildman–Crippen MR) is 113 cm³/mol. The second-order valence-corrected chi connectivity index (χ2v) is 6.26. The van der Waals surface area contributed by atoms with Crippen LogP contribution in [0.25, 0.3) is 11.1 Å². The Hall–Kier alpha value is -3.52. The van der Waals surface area contributed by atoms with Gasteiger partial charge in [0.2, 0.25) is 0 Å². The molecule has 0 radical (unpaired) electrons. The van der Waals surface area contributed by atoms with Gasteiger partial charge in [-0.1, -0.05) is 66.7 Å². The molecule has 0 atom stereocenters. The number of benzene rings is 4. The quantitative estimate of drug-likeness (QED) is 0.390. The Bertz CT molecular complexity index is 959. The molecule has 0 amide bonds. The van der Waals surface area contributed by atoms with Crippen molar-refractivity contribution in [1.82, 2.24) is 0 Å². The van der Waals surface area contributed by atoms with Crippen molar-refractivity contribution < 1.29 is 4.74 Å². The van der Waals surface area contributed by atoms with Crippen molar-refractivity contribution in [2.75, 3.05) is 12.0 Å². The largest absolute Gasteiger partial charge is 0.497 e. The topological polar surface area (TPSA) is 12.5 Å². The van der Waals surface area contributed by atoms with E-state index in [0.717, 1.165) is 28.4 Å². The Labute approximate surface area is 160 Å². The maximum Gasteiger partial charge on any atom is 0.120 e. The Morgan fingerprint density at radius 3 is 1.63 bits per heavy atom. The number of hydrogen-bond acceptors (Lipinski definition) is 2. The second kappa shape index (κ2) is 7.79. The average Bonchev–Trinajstić information content (AvgIpc) is 2.76. The van der Waals surface area contributed by atoms with E-state index < -0.39 is 0 Å². The van der Waals surface area contributed by atoms with Crippen LogP contribution in [0, 0.1) is 0 Å². The van der Waals surface area contributed by atoms with Gasteiger partial charge >= 0.3 is 0 Å². The molecule has 4 aromatic rings. The minimum absolute atomic E-state index is 0.835. The van der Waals surface area contributed by atoms with Gasteiger partial charge in [0, 0.05) is 23.0 Å². The first-order chi connectivity index (χ1) is 13.4. The van der Waals surface area contributed by atoms with Crippen LogP contribution in [0.15, 0.2) is 109 Å². The summed E-state index contributed by atoms with van der Waals surface area (Å²) < 4.78 is 5.54. The van der Waals surface area contributed by atoms with Gasteiger partial charge in [0.05, 0.1) is 12.8 Å². The molecule has 4 aromatic carbocycles. The van der Waals surface area contributed by atoms with Gasteiger partial charge < -0.3 is 9.64 Å². The van der Waals surface area contributed by atoms with Gasteiger partial charge in [-0.25, -0.2) is 0 Å². The van der Waals surface area contributed by atoms with Crippen LogP contribution in [0.4, 0.5) is 17.1 Å². The minimum atomic E-state index is 0.835. The van der Waals surface area contributed by atoms with Crippen LogP contribution in [0.2, 0.25) is 0 Å². The molecule has 0 fully saturated rings. The molecule has 0 aliphatic carbocycles. The molecule has 0 saturated heterocycles. The van der Waals surface area contributed by atoms with Crippen molar-refractivity contribution in [3.05, 3.63) is 109 Å². The summed E-state index contributed by atoms with van der Waals surface area (Å²) in [5.41, 5.74) is 5.62. The Morgan fingerprint density at radius 2 is 1.11 bits per heavy atom. The minimum Gasteiger partial charge on any atom is -0.497 e. The van der Waals surface area contributed by atoms with Gasteiger partial charge in [-0.2, -0.15) is 0 Å². The van der Waals surface area contributed by atoms with Crippen LogP contribution >= 0.6 is 0 Å². The first kappa shape index (κ1) is 16.9. The fourth-order valence-corrected chi connectivity index (χ4v) is 3.27. The number of anilines is 3. The van der Waals surface area contributed by atoms with Crippen molar-refractivity contribution in [3.8, 4) is 16.9 Å². The number of methoxy groups -OCH3 is 1. The summed E-state index contributed by atoms with van der Waals surface area (Å²) in [5.74, 6) is 0.835. The van der Waals surface area contributed by atoms with Crippen LogP contribution in [0.1, 0.15) is 0 Å². The molecule has 0 aliphatic heterocycles. The van der Waals surface area contributed by atoms with Crippen molar-refractivity contribution in [2.45, 2.75) is 0 Å². The standard InChI is InChI=1S/C25H21NO/c1-27-23-17-18-24(20-11-5-2-6-12-20)25(19-23)26(21-13-7-3-8-14-21)22-15-9-4-10-16-22/h2-19H,1H3. The number of hydrogen-bond donors (Lipinski definition) is 0. The lowest BCUT2D eigenvalue weighted by molar-refractivity contribution is 0.415. The van der Waals surface area contributed by atoms with E-state index in [0.29, 0.717) is 0 Å². The lowest BCUT2D eigenvalue weighted by Gasteiger charge is -2.28. The Kier molecular flexibility index (Phi) is 4.88. The normalized spacial score (nSPS) is 10.4. The van der Waals surface area contributed by atoms with E-state index in [-0.39, 0.29) is 0 Å². The molecule has 132 valence electrons. The molecule has 27 heavy (non-hydrogen) atoms. The van der Waals surface area contributed by atoms with E-state index in [9.17, 15) is 0 Å². The smallest absolute Gasteiger partial charge is 0.120 e. The molecule has 0 saturated carbocycles. The molecule has 0 bridgehead atoms. The highest BCUT2D eigenvalue weighted by atomic mass is 16.5. The van der Waals surface area contributed by atoms with E-state index in [2.05, 4.69) is 89.8 Å². The van der Waals surface area contributed by atoms with Crippen molar-refractivity contribution in [2.24, 2.45) is 0 Å². The van der Waals surface area contributed by atoms with Crippen LogP contribution in [0.3, 0.4) is 0 Å². The van der Waals surface area contributed by atoms with Gasteiger partial charge in [0.15, 0.2) is 0 Å². The van der Waals surface area contributed by atoms with E-state index in [1.807, 2.05) is 24.3 Å². The fraction of sp³-hybridized carbons (Fsp3) is 0.0400. The highest BCUT2D eigenvalue weighted by Crippen LogP contribution is 2.42. The van der Waals surface area contributed by atoms with E-state index >= 15 is 0 Å². The first-order valence-corrected chi connectivity index (χ1v) is 9.00. The zero-order chi connectivity index (χ0) is 18.5. The van der Waals surface area contributed by atoms with E-state index in [1.165, 1.54) is 5.56 Å². The molecular weight excluding hydrogens is 330 g/mol. The summed E-state index contributed by atoms with van der Waals surface area (Å²) >= 11 is 0. The molecule has 0 aliphatic rings. The van der Waals surface area contributed by atoms with Crippen LogP contribution in [0.5, 0.6) is 5.75 Å². The highest BCUT2D eigenvalue weighted by molar-refractivity contribution is 5.88. The zero-order valence-electron chi connectivity index (χ0n) is 15.2. The monoisotopic (exact) mass is 351 g/mol. The van der Waals surface area contributed by atoms with Gasteiger partial charge in [0.1, 0.15) is 5.75 Å². The van der Waals surface area contributed by atoms with E-state index in [1.54, 1.807) is 7.11 Å². The van der Waals surface area contributed by atoms with Gasteiger partial charge in [-0.3, -0.25) is 0 Å². The molecule has 0 N–H and O–H groups in total. The van der Waals surface area contributed by atoms with Crippen LogP contribution in [-0.4, -0.2) is 7.11 Å². The maximum atomic E-state index is 5.54. The summed E-state index contributed by atoms with van der Waals surface area (Å²) in [7, 11) is 1.71. The fourth-order valence-electron chi connectivity index (χ4n) is 3.27. The highest BCUT2D eigenvalue weighted by Gasteiger charge is 2.17. The maximum absolute atomic E-state index is 5.54. The molecule has 0 unspecified atom stereocenters. The summed E-state index contributed by atoms with van der Waals surface area (Å²) in [6.45, 7) is 0. The Balaban J connectivity index is 1.97. The van der Waals surface area contributed by atoms with Crippen LogP contribution < -0.4 is 9.64 Å². The summed E-state index contributed by atoms with van der Waals surface area (Å²) in [6.07, 6.45) is 0. The third-order valence-corrected chi connectivity index (χ3v) is 4.56. The number of para-hydroxylation sites is 2. The molecular formula is C25H21NO. The van der Waals surface area contributed by atoms with Gasteiger partial charge in [-0.05, 0) is 42.0 Å². The molecule has 0 spiro atoms. The molecule has 4 rings (SSSR count). The number of ether oxygens (including phenoxy) is 1. The lowest BCUT2D eigenvalue weighted by Crippen LogP contribution is -2.11. The van der Waals surface area contributed by atoms with E-state index in [4.69, 9.17) is 4.74 Å². The molecule has 0 heterocycles. The summed E-state index contributed by atoms with van der Waals surface area (Å²) in [5, 5.41) is 0. The Morgan fingerprint density at radius 1 is 0.593 bits per heavy atom. The molecule has 2 heteroatoms. The van der Waals surface area contributed by atoms with Gasteiger partial charge in [0.25, 0.3) is 0 Å². The second-order valence-electron chi connectivity index (χ2n) is 6.26. The predicted octanol–water partition coefficient (Wildman–Crippen LogP) is 6.83. The van der Waals surface area contributed by atoms with Crippen LogP contribution in [-0.2, 0) is 0 Å². The van der Waals surface area contributed by atoms with Crippen molar-refractivity contribution in [3.63, 3.8) is 0 Å². The lowest BCUT2D eigenvalue weighted by atomic mass is 10.0. The number of rotatable bonds is 5. The zero-order valence-corrected chi connectivity index (χ0v) is 15.2. The van der Waals surface area contributed by atoms with Crippen molar-refractivity contribution >= 4 is 17.1 Å². The number of nitrogens with zero attached hydrogens (tertiary/aromatic N) is 1. The molecule has 0 aromatic heterocycles. The summed E-state index contributed by atoms with van der Waals surface area (Å²) in [6, 6.07) is 37.5. The first-order valence-electron chi connectivity index (χ1n) is 9.00. The SMILES string of the molecule is COc1ccc(-c2ccccc2)c(N(c2ccccc2)c2ccccc2)c1. The third kappa shape index (κ3) is 3.56. The van der Waals surface area contributed by atoms with Crippen molar-refractivity contribution in [1.29, 1.82) is 0 Å². The van der Waals surface area contributed by atoms with Gasteiger partial charge in [-0.15, -0.1) is 0 Å². The average molecular weight is 351 g/mol.